The van der Waals surface area contributed by atoms with Crippen molar-refractivity contribution in [2.24, 2.45) is 5.92 Å². The molecule has 228 valence electrons. The molecular formula is C31H33ClN2O7S2. The van der Waals surface area contributed by atoms with Gasteiger partial charge in [0.1, 0.15) is 5.00 Å². The highest BCUT2D eigenvalue weighted by molar-refractivity contribution is 7.92. The van der Waals surface area contributed by atoms with Crippen LogP contribution in [0.5, 0.6) is 0 Å². The van der Waals surface area contributed by atoms with Gasteiger partial charge in [0.15, 0.2) is 6.61 Å². The third kappa shape index (κ3) is 7.46. The van der Waals surface area contributed by atoms with Crippen molar-refractivity contribution in [3.05, 3.63) is 87.8 Å². The average molecular weight is 645 g/mol. The summed E-state index contributed by atoms with van der Waals surface area (Å²) in [5.74, 6) is -1.71. The van der Waals surface area contributed by atoms with Crippen LogP contribution in [0.2, 0.25) is 5.02 Å². The summed E-state index contributed by atoms with van der Waals surface area (Å²) in [4.78, 5) is 39.6. The molecule has 0 aliphatic heterocycles. The fourth-order valence-electron chi connectivity index (χ4n) is 4.70. The molecule has 0 saturated carbocycles. The number of nitrogens with one attached hydrogen (secondary N) is 1. The Morgan fingerprint density at radius 2 is 1.88 bits per heavy atom. The van der Waals surface area contributed by atoms with E-state index in [0.29, 0.717) is 28.6 Å². The normalized spacial score (nSPS) is 14.5. The number of carbonyl (C=O) groups excluding carboxylic acids is 3. The predicted molar refractivity (Wildman–Crippen MR) is 168 cm³/mol. The number of benzene rings is 2. The topological polar surface area (TPSA) is 119 Å². The molecule has 0 radical (unpaired) electrons. The number of sulfonamides is 1. The lowest BCUT2D eigenvalue weighted by Crippen LogP contribution is -2.31. The molecule has 9 nitrogen and oxygen atoms in total. The van der Waals surface area contributed by atoms with Gasteiger partial charge in [-0.05, 0) is 74.9 Å². The van der Waals surface area contributed by atoms with Crippen molar-refractivity contribution in [1.82, 2.24) is 0 Å². The van der Waals surface area contributed by atoms with Crippen LogP contribution in [0.1, 0.15) is 58.3 Å². The van der Waals surface area contributed by atoms with Crippen LogP contribution in [0.15, 0.2) is 66.1 Å². The molecule has 12 heteroatoms. The summed E-state index contributed by atoms with van der Waals surface area (Å²) in [6.07, 6.45) is 3.53. The molecule has 1 N–H and O–H groups in total. The molecule has 0 unspecified atom stereocenters. The van der Waals surface area contributed by atoms with Crippen LogP contribution in [0, 0.1) is 5.92 Å². The second-order valence-electron chi connectivity index (χ2n) is 10.4. The monoisotopic (exact) mass is 644 g/mol. The third-order valence-electron chi connectivity index (χ3n) is 6.73. The highest BCUT2D eigenvalue weighted by Crippen LogP contribution is 2.40. The number of nitrogens with zero attached hydrogens (tertiary/aromatic N) is 1. The van der Waals surface area contributed by atoms with Gasteiger partial charge >= 0.3 is 11.9 Å². The second-order valence-corrected chi connectivity index (χ2v) is 13.8. The Morgan fingerprint density at radius 1 is 1.16 bits per heavy atom. The van der Waals surface area contributed by atoms with Gasteiger partial charge in [0.2, 0.25) is 0 Å². The van der Waals surface area contributed by atoms with Crippen molar-refractivity contribution in [1.29, 1.82) is 0 Å². The standard InChI is InChI=1S/C31H33ClN2O7S2/c1-5-15-34(21-9-7-6-8-10-21)43(38,39)22-12-14-25(32)24(17-22)30(36)40-18-27(35)33-29-28(31(37)41-19(2)3)23-13-11-20(4)16-26(23)42-29/h5-10,12,14,17,19-20H,1,11,13,15-16,18H2,2-4H3,(H,33,35)/t20-/m0/s1. The van der Waals surface area contributed by atoms with Crippen molar-refractivity contribution < 1.29 is 32.3 Å². The van der Waals surface area contributed by atoms with E-state index in [0.717, 1.165) is 33.7 Å². The quantitative estimate of drug-likeness (QED) is 0.193. The van der Waals surface area contributed by atoms with E-state index in [4.69, 9.17) is 21.1 Å². The van der Waals surface area contributed by atoms with Gasteiger partial charge in [-0.2, -0.15) is 0 Å². The van der Waals surface area contributed by atoms with E-state index < -0.39 is 34.5 Å². The lowest BCUT2D eigenvalue weighted by Gasteiger charge is -2.23. The number of hydrogen-bond donors (Lipinski definition) is 1. The van der Waals surface area contributed by atoms with Crippen molar-refractivity contribution >= 4 is 61.5 Å². The second kappa shape index (κ2) is 13.7. The zero-order valence-electron chi connectivity index (χ0n) is 24.1. The van der Waals surface area contributed by atoms with Crippen LogP contribution < -0.4 is 9.62 Å². The number of fused-ring (bicyclic) bond motifs is 1. The summed E-state index contributed by atoms with van der Waals surface area (Å²) in [6.45, 7) is 8.59. The van der Waals surface area contributed by atoms with Gasteiger partial charge in [0, 0.05) is 4.88 Å². The summed E-state index contributed by atoms with van der Waals surface area (Å²) in [6, 6.07) is 12.2. The van der Waals surface area contributed by atoms with Gasteiger partial charge in [0.05, 0.1) is 39.4 Å². The van der Waals surface area contributed by atoms with Crippen molar-refractivity contribution in [3.8, 4) is 0 Å². The number of amides is 1. The van der Waals surface area contributed by atoms with Crippen LogP contribution in [-0.4, -0.2) is 45.5 Å². The number of halogens is 1. The Hall–Kier alpha value is -3.67. The average Bonchev–Trinajstić information content (AvgIpc) is 3.31. The van der Waals surface area contributed by atoms with Gasteiger partial charge in [-0.25, -0.2) is 18.0 Å². The molecule has 0 spiro atoms. The van der Waals surface area contributed by atoms with Crippen molar-refractivity contribution in [2.75, 3.05) is 22.8 Å². The van der Waals surface area contributed by atoms with Crippen molar-refractivity contribution in [3.63, 3.8) is 0 Å². The minimum absolute atomic E-state index is 0.00726. The van der Waals surface area contributed by atoms with E-state index in [9.17, 15) is 22.8 Å². The first-order chi connectivity index (χ1) is 20.4. The molecule has 1 atom stereocenters. The van der Waals surface area contributed by atoms with Crippen LogP contribution in [-0.2, 0) is 37.1 Å². The zero-order valence-corrected chi connectivity index (χ0v) is 26.5. The summed E-state index contributed by atoms with van der Waals surface area (Å²) >= 11 is 7.55. The van der Waals surface area contributed by atoms with Crippen LogP contribution >= 0.6 is 22.9 Å². The maximum absolute atomic E-state index is 13.5. The maximum atomic E-state index is 13.5. The van der Waals surface area contributed by atoms with E-state index >= 15 is 0 Å². The largest absolute Gasteiger partial charge is 0.459 e. The number of anilines is 2. The summed E-state index contributed by atoms with van der Waals surface area (Å²) in [5.41, 5.74) is 1.42. The molecular weight excluding hydrogens is 612 g/mol. The third-order valence-corrected chi connectivity index (χ3v) is 10.0. The maximum Gasteiger partial charge on any atom is 0.341 e. The Balaban J connectivity index is 1.51. The molecule has 1 aliphatic carbocycles. The molecule has 43 heavy (non-hydrogen) atoms. The minimum Gasteiger partial charge on any atom is -0.459 e. The van der Waals surface area contributed by atoms with E-state index in [1.54, 1.807) is 44.2 Å². The molecule has 1 aromatic heterocycles. The Bertz CT molecular complexity index is 1630. The molecule has 1 heterocycles. The number of thiophene rings is 1. The lowest BCUT2D eigenvalue weighted by atomic mass is 9.88. The summed E-state index contributed by atoms with van der Waals surface area (Å²) < 4.78 is 38.8. The molecule has 0 fully saturated rings. The Morgan fingerprint density at radius 3 is 2.56 bits per heavy atom. The fourth-order valence-corrected chi connectivity index (χ4v) is 7.77. The van der Waals surface area contributed by atoms with E-state index in [2.05, 4.69) is 18.8 Å². The molecule has 1 aliphatic rings. The van der Waals surface area contributed by atoms with E-state index in [1.165, 1.54) is 29.5 Å². The minimum atomic E-state index is -4.11. The lowest BCUT2D eigenvalue weighted by molar-refractivity contribution is -0.119. The van der Waals surface area contributed by atoms with Gasteiger partial charge < -0.3 is 14.8 Å². The van der Waals surface area contributed by atoms with Crippen molar-refractivity contribution in [2.45, 2.75) is 51.0 Å². The number of carbonyl (C=O) groups is 3. The molecule has 1 amide bonds. The van der Waals surface area contributed by atoms with Gasteiger partial charge in [-0.1, -0.05) is 42.8 Å². The van der Waals surface area contributed by atoms with Gasteiger partial charge in [-0.3, -0.25) is 9.10 Å². The molecule has 0 saturated heterocycles. The Labute approximate surface area is 260 Å². The molecule has 0 bridgehead atoms. The SMILES string of the molecule is C=CCN(c1ccccc1)S(=O)(=O)c1ccc(Cl)c(C(=O)OCC(=O)Nc2sc3c(c2C(=O)OC(C)C)CC[C@H](C)C3)c1. The number of para-hydroxylation sites is 1. The fraction of sp³-hybridized carbons (Fsp3) is 0.323. The summed E-state index contributed by atoms with van der Waals surface area (Å²) in [7, 11) is -4.11. The smallest absolute Gasteiger partial charge is 0.341 e. The number of esters is 2. The number of rotatable bonds is 11. The van der Waals surface area contributed by atoms with Gasteiger partial charge in [-0.15, -0.1) is 17.9 Å². The first-order valence-electron chi connectivity index (χ1n) is 13.7. The number of ether oxygens (including phenoxy) is 2. The van der Waals surface area contributed by atoms with E-state index in [-0.39, 0.29) is 28.1 Å². The highest BCUT2D eigenvalue weighted by Gasteiger charge is 2.30. The van der Waals surface area contributed by atoms with Crippen LogP contribution in [0.4, 0.5) is 10.7 Å². The number of hydrogen-bond acceptors (Lipinski definition) is 8. The van der Waals surface area contributed by atoms with Gasteiger partial charge in [0.25, 0.3) is 15.9 Å². The summed E-state index contributed by atoms with van der Waals surface area (Å²) in [5, 5.41) is 3.00. The first kappa shape index (κ1) is 32.2. The van der Waals surface area contributed by atoms with Crippen LogP contribution in [0.3, 0.4) is 0 Å². The first-order valence-corrected chi connectivity index (χ1v) is 16.4. The zero-order chi connectivity index (χ0) is 31.3. The van der Waals surface area contributed by atoms with Crippen LogP contribution in [0.25, 0.3) is 0 Å². The molecule has 3 aromatic rings. The van der Waals surface area contributed by atoms with E-state index in [1.807, 2.05) is 0 Å². The molecule has 2 aromatic carbocycles. The molecule has 4 rings (SSSR count). The highest BCUT2D eigenvalue weighted by atomic mass is 35.5. The Kier molecular flexibility index (Phi) is 10.3. The predicted octanol–water partition coefficient (Wildman–Crippen LogP) is 6.27.